The summed E-state index contributed by atoms with van der Waals surface area (Å²) >= 11 is 0. The fourth-order valence-electron chi connectivity index (χ4n) is 2.88. The molecule has 1 aliphatic carbocycles. The topological polar surface area (TPSA) is 58.4 Å². The van der Waals surface area contributed by atoms with Crippen LogP contribution in [-0.4, -0.2) is 31.1 Å². The van der Waals surface area contributed by atoms with Crippen molar-refractivity contribution in [3.63, 3.8) is 0 Å². The number of benzene rings is 1. The average Bonchev–Trinajstić information content (AvgIpc) is 2.53. The Morgan fingerprint density at radius 1 is 1.29 bits per heavy atom. The second kappa shape index (κ2) is 6.94. The molecule has 0 aliphatic heterocycles. The lowest BCUT2D eigenvalue weighted by Gasteiger charge is -2.33. The van der Waals surface area contributed by atoms with E-state index in [9.17, 15) is 4.79 Å². The first kappa shape index (κ1) is 15.8. The largest absolute Gasteiger partial charge is 0.370 e. The third-order valence-corrected chi connectivity index (χ3v) is 4.58. The lowest BCUT2D eigenvalue weighted by molar-refractivity contribution is -0.127. The summed E-state index contributed by atoms with van der Waals surface area (Å²) in [7, 11) is 2.05. The average molecular weight is 289 g/mol. The summed E-state index contributed by atoms with van der Waals surface area (Å²) in [6, 6.07) is 10.4. The van der Waals surface area contributed by atoms with Gasteiger partial charge in [0.2, 0.25) is 5.91 Å². The molecular weight excluding hydrogens is 262 g/mol. The van der Waals surface area contributed by atoms with Gasteiger partial charge in [0.15, 0.2) is 0 Å². The number of amides is 1. The van der Waals surface area contributed by atoms with Gasteiger partial charge in [0.05, 0.1) is 5.54 Å². The Hall–Kier alpha value is -1.55. The number of para-hydroxylation sites is 1. The lowest BCUT2D eigenvalue weighted by atomic mass is 9.82. The van der Waals surface area contributed by atoms with Crippen LogP contribution in [0.15, 0.2) is 30.3 Å². The maximum atomic E-state index is 12.3. The van der Waals surface area contributed by atoms with Gasteiger partial charge in [-0.25, -0.2) is 0 Å². The monoisotopic (exact) mass is 289 g/mol. The number of rotatable bonds is 5. The van der Waals surface area contributed by atoms with E-state index in [1.165, 1.54) is 6.42 Å². The van der Waals surface area contributed by atoms with Gasteiger partial charge in [-0.3, -0.25) is 4.79 Å². The number of anilines is 1. The molecule has 1 aromatic rings. The van der Waals surface area contributed by atoms with Crippen LogP contribution in [0.25, 0.3) is 0 Å². The van der Waals surface area contributed by atoms with E-state index < -0.39 is 5.54 Å². The maximum Gasteiger partial charge on any atom is 0.240 e. The molecule has 1 amide bonds. The number of hydrogen-bond donors (Lipinski definition) is 2. The van der Waals surface area contributed by atoms with Gasteiger partial charge in [-0.15, -0.1) is 0 Å². The zero-order valence-electron chi connectivity index (χ0n) is 13.1. The standard InChI is InChI=1S/C17H27N3O/c1-14(20(2)15-9-5-3-6-10-15)13-19-16(21)17(18)11-7-4-8-12-17/h3,5-6,9-10,14H,4,7-8,11-13,18H2,1-2H3,(H,19,21). The quantitative estimate of drug-likeness (QED) is 0.874. The first-order valence-electron chi connectivity index (χ1n) is 7.88. The molecule has 4 nitrogen and oxygen atoms in total. The van der Waals surface area contributed by atoms with Gasteiger partial charge >= 0.3 is 0 Å². The predicted octanol–water partition coefficient (Wildman–Crippen LogP) is 2.29. The summed E-state index contributed by atoms with van der Waals surface area (Å²) in [6.07, 6.45) is 4.93. The molecule has 0 aromatic heterocycles. The van der Waals surface area contributed by atoms with Crippen LogP contribution in [0.1, 0.15) is 39.0 Å². The fourth-order valence-corrected chi connectivity index (χ4v) is 2.88. The number of carbonyl (C=O) groups is 1. The van der Waals surface area contributed by atoms with Crippen molar-refractivity contribution in [1.82, 2.24) is 5.32 Å². The van der Waals surface area contributed by atoms with Gasteiger partial charge in [-0.1, -0.05) is 37.5 Å². The van der Waals surface area contributed by atoms with E-state index in [0.29, 0.717) is 6.54 Å². The molecule has 0 spiro atoms. The summed E-state index contributed by atoms with van der Waals surface area (Å²) in [5.74, 6) is 0.00973. The highest BCUT2D eigenvalue weighted by atomic mass is 16.2. The highest BCUT2D eigenvalue weighted by molar-refractivity contribution is 5.86. The highest BCUT2D eigenvalue weighted by Gasteiger charge is 2.35. The summed E-state index contributed by atoms with van der Waals surface area (Å²) in [4.78, 5) is 14.5. The molecule has 116 valence electrons. The molecule has 0 radical (unpaired) electrons. The minimum atomic E-state index is -0.650. The highest BCUT2D eigenvalue weighted by Crippen LogP contribution is 2.26. The number of likely N-dealkylation sites (N-methyl/N-ethyl adjacent to an activating group) is 1. The van der Waals surface area contributed by atoms with Gasteiger partial charge in [0.25, 0.3) is 0 Å². The number of nitrogens with zero attached hydrogens (tertiary/aromatic N) is 1. The molecule has 1 aromatic carbocycles. The van der Waals surface area contributed by atoms with Crippen molar-refractivity contribution in [2.24, 2.45) is 5.73 Å². The second-order valence-corrected chi connectivity index (χ2v) is 6.22. The molecule has 1 unspecified atom stereocenters. The third-order valence-electron chi connectivity index (χ3n) is 4.58. The Morgan fingerprint density at radius 3 is 2.52 bits per heavy atom. The van der Waals surface area contributed by atoms with Gasteiger partial charge in [0, 0.05) is 25.3 Å². The van der Waals surface area contributed by atoms with E-state index in [1.54, 1.807) is 0 Å². The number of nitrogens with one attached hydrogen (secondary N) is 1. The number of nitrogens with two attached hydrogens (primary N) is 1. The first-order valence-corrected chi connectivity index (χ1v) is 7.88. The number of carbonyl (C=O) groups excluding carboxylic acids is 1. The van der Waals surface area contributed by atoms with E-state index in [2.05, 4.69) is 29.3 Å². The Labute approximate surface area is 127 Å². The summed E-state index contributed by atoms with van der Waals surface area (Å²) < 4.78 is 0. The van der Waals surface area contributed by atoms with Crippen molar-refractivity contribution in [2.45, 2.75) is 50.6 Å². The van der Waals surface area contributed by atoms with E-state index in [4.69, 9.17) is 5.73 Å². The van der Waals surface area contributed by atoms with Crippen molar-refractivity contribution in [3.8, 4) is 0 Å². The molecule has 0 saturated heterocycles. The normalized spacial score (nSPS) is 18.8. The molecule has 2 rings (SSSR count). The van der Waals surface area contributed by atoms with E-state index in [-0.39, 0.29) is 11.9 Å². The molecule has 21 heavy (non-hydrogen) atoms. The SMILES string of the molecule is CC(CNC(=O)C1(N)CCCCC1)N(C)c1ccccc1. The van der Waals surface area contributed by atoms with Crippen molar-refractivity contribution in [1.29, 1.82) is 0 Å². The van der Waals surface area contributed by atoms with Crippen LogP contribution < -0.4 is 16.0 Å². The van der Waals surface area contributed by atoms with Gasteiger partial charge in [-0.2, -0.15) is 0 Å². The van der Waals surface area contributed by atoms with Crippen molar-refractivity contribution >= 4 is 11.6 Å². The van der Waals surface area contributed by atoms with Gasteiger partial charge < -0.3 is 16.0 Å². The summed E-state index contributed by atoms with van der Waals surface area (Å²) in [5, 5.41) is 3.04. The minimum absolute atomic E-state index is 0.00973. The van der Waals surface area contributed by atoms with Crippen LogP contribution in [0.3, 0.4) is 0 Å². The third kappa shape index (κ3) is 3.97. The van der Waals surface area contributed by atoms with E-state index >= 15 is 0 Å². The van der Waals surface area contributed by atoms with Crippen LogP contribution in [0.2, 0.25) is 0 Å². The Bertz CT molecular complexity index is 454. The van der Waals surface area contributed by atoms with Crippen molar-refractivity contribution in [3.05, 3.63) is 30.3 Å². The van der Waals surface area contributed by atoms with E-state index in [0.717, 1.165) is 31.4 Å². The Kier molecular flexibility index (Phi) is 5.23. The van der Waals surface area contributed by atoms with Crippen molar-refractivity contribution < 1.29 is 4.79 Å². The predicted molar refractivity (Wildman–Crippen MR) is 87.3 cm³/mol. The van der Waals surface area contributed by atoms with Crippen LogP contribution in [0.4, 0.5) is 5.69 Å². The van der Waals surface area contributed by atoms with E-state index in [1.807, 2.05) is 25.2 Å². The molecule has 4 heteroatoms. The summed E-state index contributed by atoms with van der Waals surface area (Å²) in [6.45, 7) is 2.72. The summed E-state index contributed by atoms with van der Waals surface area (Å²) in [5.41, 5.74) is 6.75. The zero-order valence-corrected chi connectivity index (χ0v) is 13.1. The first-order chi connectivity index (χ1) is 10.0. The maximum absolute atomic E-state index is 12.3. The van der Waals surface area contributed by atoms with Gasteiger partial charge in [0.1, 0.15) is 0 Å². The molecule has 0 bridgehead atoms. The zero-order chi connectivity index (χ0) is 15.3. The fraction of sp³-hybridized carbons (Fsp3) is 0.588. The second-order valence-electron chi connectivity index (χ2n) is 6.22. The molecule has 1 saturated carbocycles. The molecular formula is C17H27N3O. The molecule has 1 fully saturated rings. The lowest BCUT2D eigenvalue weighted by Crippen LogP contribution is -2.56. The molecule has 1 aliphatic rings. The van der Waals surface area contributed by atoms with Crippen LogP contribution in [-0.2, 0) is 4.79 Å². The Balaban J connectivity index is 1.86. The Morgan fingerprint density at radius 2 is 1.90 bits per heavy atom. The molecule has 1 atom stereocenters. The smallest absolute Gasteiger partial charge is 0.240 e. The molecule has 0 heterocycles. The van der Waals surface area contributed by atoms with Crippen molar-refractivity contribution in [2.75, 3.05) is 18.5 Å². The number of hydrogen-bond acceptors (Lipinski definition) is 3. The van der Waals surface area contributed by atoms with Crippen LogP contribution in [0, 0.1) is 0 Å². The van der Waals surface area contributed by atoms with Gasteiger partial charge in [-0.05, 0) is 31.9 Å². The minimum Gasteiger partial charge on any atom is -0.370 e. The van der Waals surface area contributed by atoms with Crippen LogP contribution >= 0.6 is 0 Å². The van der Waals surface area contributed by atoms with Crippen LogP contribution in [0.5, 0.6) is 0 Å². The molecule has 3 N–H and O–H groups in total.